The van der Waals surface area contributed by atoms with Crippen LogP contribution in [0.2, 0.25) is 0 Å². The summed E-state index contributed by atoms with van der Waals surface area (Å²) in [5.74, 6) is 0.00843. The fourth-order valence-corrected chi connectivity index (χ4v) is 4.46. The fraction of sp³-hybridized carbons (Fsp3) is 0.179. The van der Waals surface area contributed by atoms with Crippen LogP contribution in [0, 0.1) is 12.7 Å². The Balaban J connectivity index is 1.40. The van der Waals surface area contributed by atoms with E-state index in [0.717, 1.165) is 4.73 Å². The number of hydroxylamine groups is 2. The third kappa shape index (κ3) is 5.41. The Morgan fingerprint density at radius 2 is 2.10 bits per heavy atom. The first-order valence-electron chi connectivity index (χ1n) is 12.8. The number of pyridine rings is 2. The lowest BCUT2D eigenvalue weighted by atomic mass is 10.0. The Morgan fingerprint density at radius 1 is 1.22 bits per heavy atom. The van der Waals surface area contributed by atoms with Crippen molar-refractivity contribution in [1.82, 2.24) is 24.6 Å². The van der Waals surface area contributed by atoms with Gasteiger partial charge in [0.15, 0.2) is 11.4 Å². The second-order valence-electron chi connectivity index (χ2n) is 9.42. The molecule has 2 atom stereocenters. The summed E-state index contributed by atoms with van der Waals surface area (Å²) in [5.41, 5.74) is 9.10. The molecule has 0 radical (unpaired) electrons. The van der Waals surface area contributed by atoms with Crippen LogP contribution in [0.1, 0.15) is 15.9 Å². The average molecular weight is 558 g/mol. The number of benzene rings is 1. The molecule has 13 heteroatoms. The summed E-state index contributed by atoms with van der Waals surface area (Å²) in [5, 5.41) is 18.7. The van der Waals surface area contributed by atoms with E-state index >= 15 is 0 Å². The van der Waals surface area contributed by atoms with Crippen LogP contribution in [0.15, 0.2) is 73.3 Å². The lowest BCUT2D eigenvalue weighted by Gasteiger charge is -2.09. The van der Waals surface area contributed by atoms with Crippen molar-refractivity contribution in [3.63, 3.8) is 0 Å². The van der Waals surface area contributed by atoms with Crippen LogP contribution in [0.25, 0.3) is 28.2 Å². The lowest BCUT2D eigenvalue weighted by molar-refractivity contribution is -0.904. The zero-order valence-electron chi connectivity index (χ0n) is 21.9. The van der Waals surface area contributed by atoms with Crippen LogP contribution in [0.4, 0.5) is 10.2 Å². The molecular weight excluding hydrogens is 531 g/mol. The van der Waals surface area contributed by atoms with Gasteiger partial charge >= 0.3 is 0 Å². The van der Waals surface area contributed by atoms with Gasteiger partial charge < -0.3 is 15.8 Å². The Hall–Kier alpha value is -4.98. The topological polar surface area (TPSA) is 144 Å². The first-order chi connectivity index (χ1) is 19.9. The van der Waals surface area contributed by atoms with Gasteiger partial charge in [-0.1, -0.05) is 0 Å². The maximum Gasteiger partial charge on any atom is 0.263 e. The number of anilines is 1. The summed E-state index contributed by atoms with van der Waals surface area (Å²) in [7, 11) is 0. The van der Waals surface area contributed by atoms with E-state index in [4.69, 9.17) is 20.3 Å². The first kappa shape index (κ1) is 26.3. The standard InChI is InChI=1S/C28H25FN8O4/c1-17-11-18(4-5-22(17)29)25-26(19-6-8-31-24(12-19)33-28(38)20-3-2-10-35(39)13-20)37-27(34-25)23(7-9-32-37)40-15-21-14-36(21)41-16-30/h2-13,21H,14-16,30H2,1H3,(H-,31,33,38,39)/p+1. The summed E-state index contributed by atoms with van der Waals surface area (Å²) in [6.07, 6.45) is 5.85. The second-order valence-corrected chi connectivity index (χ2v) is 9.42. The van der Waals surface area contributed by atoms with Crippen LogP contribution in [0.3, 0.4) is 0 Å². The molecule has 1 fully saturated rings. The Kier molecular flexibility index (Phi) is 6.97. The molecule has 5 aromatic rings. The summed E-state index contributed by atoms with van der Waals surface area (Å²) >= 11 is 0. The molecule has 5 heterocycles. The highest BCUT2D eigenvalue weighted by molar-refractivity contribution is 6.03. The quantitative estimate of drug-likeness (QED) is 0.108. The minimum atomic E-state index is -0.452. The number of imidazole rings is 1. The molecule has 1 saturated heterocycles. The minimum Gasteiger partial charge on any atom is -0.488 e. The second kappa shape index (κ2) is 10.9. The monoisotopic (exact) mass is 557 g/mol. The highest BCUT2D eigenvalue weighted by Crippen LogP contribution is 2.36. The molecular formula is C28H26FN8O4+. The van der Waals surface area contributed by atoms with Gasteiger partial charge in [0.25, 0.3) is 5.91 Å². The molecule has 2 unspecified atom stereocenters. The molecule has 1 aliphatic heterocycles. The van der Waals surface area contributed by atoms with Crippen LogP contribution in [-0.4, -0.2) is 61.7 Å². The van der Waals surface area contributed by atoms with Gasteiger partial charge in [-0.3, -0.25) is 14.8 Å². The number of carbonyl (C=O) groups is 1. The largest absolute Gasteiger partial charge is 0.488 e. The zero-order valence-corrected chi connectivity index (χ0v) is 21.9. The van der Waals surface area contributed by atoms with Crippen LogP contribution >= 0.6 is 0 Å². The van der Waals surface area contributed by atoms with E-state index in [0.29, 0.717) is 52.6 Å². The van der Waals surface area contributed by atoms with E-state index in [1.54, 1.807) is 71.4 Å². The Morgan fingerprint density at radius 3 is 2.90 bits per heavy atom. The summed E-state index contributed by atoms with van der Waals surface area (Å²) in [4.78, 5) is 27.3. The molecule has 12 nitrogen and oxygen atoms in total. The Labute approximate surface area is 233 Å². The van der Waals surface area contributed by atoms with Gasteiger partial charge in [-0.25, -0.2) is 18.9 Å². The fourth-order valence-electron chi connectivity index (χ4n) is 4.46. The predicted molar refractivity (Wildman–Crippen MR) is 144 cm³/mol. The van der Waals surface area contributed by atoms with Crippen LogP contribution < -0.4 is 20.5 Å². The minimum absolute atomic E-state index is 0.0803. The van der Waals surface area contributed by atoms with Crippen molar-refractivity contribution in [3.8, 4) is 28.3 Å². The van der Waals surface area contributed by atoms with Gasteiger partial charge in [0, 0.05) is 40.7 Å². The normalized spacial score (nSPS) is 16.1. The van der Waals surface area contributed by atoms with Crippen molar-refractivity contribution in [2.24, 2.45) is 5.73 Å². The third-order valence-electron chi connectivity index (χ3n) is 6.57. The number of fused-ring (bicyclic) bond motifs is 1. The lowest BCUT2D eigenvalue weighted by Crippen LogP contribution is -2.30. The highest BCUT2D eigenvalue weighted by atomic mass is 19.1. The molecule has 41 heavy (non-hydrogen) atoms. The zero-order chi connectivity index (χ0) is 28.5. The number of carbonyl (C=O) groups excluding carboxylic acids is 1. The highest BCUT2D eigenvalue weighted by Gasteiger charge is 2.36. The van der Waals surface area contributed by atoms with Crippen molar-refractivity contribution in [2.75, 3.05) is 25.2 Å². The van der Waals surface area contributed by atoms with Gasteiger partial charge in [-0.05, 0) is 48.9 Å². The molecule has 1 amide bonds. The number of rotatable bonds is 9. The van der Waals surface area contributed by atoms with E-state index in [-0.39, 0.29) is 30.0 Å². The van der Waals surface area contributed by atoms with E-state index in [9.17, 15) is 14.4 Å². The molecule has 1 aliphatic rings. The number of halogens is 1. The van der Waals surface area contributed by atoms with Crippen molar-refractivity contribution in [3.05, 3.63) is 90.3 Å². The first-order valence-corrected chi connectivity index (χ1v) is 12.8. The van der Waals surface area contributed by atoms with Gasteiger partial charge in [0.05, 0.1) is 17.9 Å². The maximum atomic E-state index is 14.2. The van der Waals surface area contributed by atoms with Crippen molar-refractivity contribution >= 4 is 17.4 Å². The number of aryl methyl sites for hydroxylation is 1. The van der Waals surface area contributed by atoms with Crippen molar-refractivity contribution < 1.29 is 28.7 Å². The molecule has 4 aromatic heterocycles. The van der Waals surface area contributed by atoms with Gasteiger partial charge in [-0.15, -0.1) is 0 Å². The number of nitrogens with two attached hydrogens (primary N) is 1. The molecule has 6 rings (SSSR count). The van der Waals surface area contributed by atoms with E-state index in [1.807, 2.05) is 0 Å². The number of nitrogens with zero attached hydrogens (tertiary/aromatic N) is 6. The molecule has 1 aromatic carbocycles. The van der Waals surface area contributed by atoms with Gasteiger partial charge in [0.2, 0.25) is 12.4 Å². The summed E-state index contributed by atoms with van der Waals surface area (Å²) in [6.45, 7) is 2.86. The molecule has 0 bridgehead atoms. The van der Waals surface area contributed by atoms with Gasteiger partial charge in [-0.2, -0.15) is 10.2 Å². The average Bonchev–Trinajstić information content (AvgIpc) is 3.59. The Bertz CT molecular complexity index is 1760. The number of ether oxygens (including phenoxy) is 1. The van der Waals surface area contributed by atoms with E-state index in [2.05, 4.69) is 15.4 Å². The van der Waals surface area contributed by atoms with E-state index in [1.165, 1.54) is 18.5 Å². The molecule has 0 aliphatic carbocycles. The van der Waals surface area contributed by atoms with Gasteiger partial charge in [0.1, 0.15) is 36.2 Å². The molecule has 0 spiro atoms. The van der Waals surface area contributed by atoms with Crippen molar-refractivity contribution in [1.29, 1.82) is 0 Å². The third-order valence-corrected chi connectivity index (χ3v) is 6.57. The SMILES string of the molecule is Cc1cc(-c2nc3c(OCC4CN4OCN)ccnn3c2-c2ccnc(NC(=O)c3ccc[n+](O)c3)c2)ccc1F. The smallest absolute Gasteiger partial charge is 0.263 e. The number of aromatic nitrogens is 5. The van der Waals surface area contributed by atoms with Crippen LogP contribution in [0.5, 0.6) is 5.75 Å². The summed E-state index contributed by atoms with van der Waals surface area (Å²) < 4.78 is 22.7. The number of hydrogen-bond acceptors (Lipinski definition) is 9. The molecule has 0 saturated carbocycles. The maximum absolute atomic E-state index is 14.2. The van der Waals surface area contributed by atoms with Crippen molar-refractivity contribution in [2.45, 2.75) is 13.0 Å². The van der Waals surface area contributed by atoms with Crippen LogP contribution in [-0.2, 0) is 4.84 Å². The van der Waals surface area contributed by atoms with E-state index < -0.39 is 5.91 Å². The summed E-state index contributed by atoms with van der Waals surface area (Å²) in [6, 6.07) is 13.2. The number of hydrogen-bond donors (Lipinski definition) is 3. The number of amides is 1. The molecule has 4 N–H and O–H groups in total. The molecule has 208 valence electrons. The predicted octanol–water partition coefficient (Wildman–Crippen LogP) is 2.59. The number of nitrogens with one attached hydrogen (secondary N) is 1.